The molecule has 1 saturated heterocycles. The van der Waals surface area contributed by atoms with Crippen molar-refractivity contribution in [2.75, 3.05) is 6.61 Å². The van der Waals surface area contributed by atoms with Crippen molar-refractivity contribution in [1.82, 2.24) is 0 Å². The average molecular weight is 443 g/mol. The number of benzene rings is 1. The second kappa shape index (κ2) is 8.47. The molecule has 0 amide bonds. The highest BCUT2D eigenvalue weighted by atomic mass is 32.1. The molecule has 3 heteroatoms. The fourth-order valence-electron chi connectivity index (χ4n) is 5.32. The van der Waals surface area contributed by atoms with E-state index in [9.17, 15) is 0 Å². The number of rotatable bonds is 7. The Morgan fingerprint density at radius 1 is 1.13 bits per heavy atom. The van der Waals surface area contributed by atoms with Crippen LogP contribution in [-0.4, -0.2) is 23.9 Å². The van der Waals surface area contributed by atoms with Crippen LogP contribution in [-0.2, 0) is 15.9 Å². The van der Waals surface area contributed by atoms with Crippen molar-refractivity contribution < 1.29 is 9.47 Å². The van der Waals surface area contributed by atoms with Crippen molar-refractivity contribution in [3.63, 3.8) is 0 Å². The quantitative estimate of drug-likeness (QED) is 0.434. The summed E-state index contributed by atoms with van der Waals surface area (Å²) >= 11 is 2.01. The van der Waals surface area contributed by atoms with Crippen molar-refractivity contribution in [2.45, 2.75) is 104 Å². The zero-order chi connectivity index (χ0) is 22.6. The number of ether oxygens (including phenoxy) is 2. The van der Waals surface area contributed by atoms with E-state index in [1.54, 1.807) is 4.88 Å². The highest BCUT2D eigenvalue weighted by Crippen LogP contribution is 2.53. The van der Waals surface area contributed by atoms with Crippen molar-refractivity contribution in [3.05, 3.63) is 34.2 Å². The van der Waals surface area contributed by atoms with E-state index in [0.717, 1.165) is 18.4 Å². The topological polar surface area (TPSA) is 18.5 Å². The average Bonchev–Trinajstić information content (AvgIpc) is 3.44. The molecule has 1 saturated carbocycles. The van der Waals surface area contributed by atoms with Gasteiger partial charge in [0.05, 0.1) is 23.9 Å². The number of fused-ring (bicyclic) bond motifs is 1. The predicted molar refractivity (Wildman–Crippen MR) is 133 cm³/mol. The molecular formula is C28H42O2S. The van der Waals surface area contributed by atoms with Crippen LogP contribution in [0.3, 0.4) is 0 Å². The van der Waals surface area contributed by atoms with Gasteiger partial charge in [-0.25, -0.2) is 0 Å². The molecule has 2 aromatic rings. The molecule has 1 aliphatic heterocycles. The van der Waals surface area contributed by atoms with E-state index in [2.05, 4.69) is 73.6 Å². The van der Waals surface area contributed by atoms with Crippen LogP contribution in [0.5, 0.6) is 0 Å². The van der Waals surface area contributed by atoms with Crippen molar-refractivity contribution >= 4 is 21.4 Å². The van der Waals surface area contributed by atoms with E-state index >= 15 is 0 Å². The van der Waals surface area contributed by atoms with Crippen molar-refractivity contribution in [3.8, 4) is 0 Å². The van der Waals surface area contributed by atoms with Gasteiger partial charge in [0.25, 0.3) is 0 Å². The van der Waals surface area contributed by atoms with E-state index in [1.165, 1.54) is 46.9 Å². The minimum absolute atomic E-state index is 0.213. The third kappa shape index (κ3) is 4.48. The van der Waals surface area contributed by atoms with Gasteiger partial charge in [0.1, 0.15) is 0 Å². The zero-order valence-corrected chi connectivity index (χ0v) is 21.7. The molecule has 0 N–H and O–H groups in total. The van der Waals surface area contributed by atoms with Crippen LogP contribution < -0.4 is 0 Å². The lowest BCUT2D eigenvalue weighted by atomic mass is 9.87. The molecule has 2 nitrogen and oxygen atoms in total. The maximum Gasteiger partial charge on any atom is 0.0914 e. The molecule has 4 atom stereocenters. The molecule has 1 aromatic heterocycles. The summed E-state index contributed by atoms with van der Waals surface area (Å²) in [6.45, 7) is 18.7. The second-order valence-corrected chi connectivity index (χ2v) is 12.5. The van der Waals surface area contributed by atoms with Crippen LogP contribution in [0, 0.1) is 24.7 Å². The normalized spacial score (nSPS) is 28.2. The Bertz CT molecular complexity index is 922. The highest BCUT2D eigenvalue weighted by Gasteiger charge is 2.52. The highest BCUT2D eigenvalue weighted by molar-refractivity contribution is 7.19. The van der Waals surface area contributed by atoms with E-state index in [-0.39, 0.29) is 17.3 Å². The van der Waals surface area contributed by atoms with Gasteiger partial charge in [-0.15, -0.1) is 11.3 Å². The summed E-state index contributed by atoms with van der Waals surface area (Å²) in [6, 6.07) is 7.22. The molecule has 2 fully saturated rings. The van der Waals surface area contributed by atoms with Gasteiger partial charge in [-0.2, -0.15) is 0 Å². The maximum atomic E-state index is 6.54. The minimum Gasteiger partial charge on any atom is -0.370 e. The minimum atomic E-state index is -0.252. The lowest BCUT2D eigenvalue weighted by molar-refractivity contribution is -0.266. The summed E-state index contributed by atoms with van der Waals surface area (Å²) in [4.78, 5) is 1.59. The monoisotopic (exact) mass is 442 g/mol. The van der Waals surface area contributed by atoms with Gasteiger partial charge in [-0.05, 0) is 106 Å². The Kier molecular flexibility index (Phi) is 6.35. The first-order valence-electron chi connectivity index (χ1n) is 12.4. The fourth-order valence-corrected chi connectivity index (χ4v) is 6.53. The molecule has 2 aliphatic rings. The van der Waals surface area contributed by atoms with Crippen molar-refractivity contribution in [2.24, 2.45) is 17.8 Å². The van der Waals surface area contributed by atoms with Gasteiger partial charge in [-0.1, -0.05) is 33.3 Å². The van der Waals surface area contributed by atoms with E-state index in [1.807, 2.05) is 11.3 Å². The number of thiophene rings is 1. The van der Waals surface area contributed by atoms with Crippen LogP contribution in [0.1, 0.15) is 89.7 Å². The summed E-state index contributed by atoms with van der Waals surface area (Å²) in [5, 5.41) is 1.48. The third-order valence-corrected chi connectivity index (χ3v) is 9.85. The van der Waals surface area contributed by atoms with E-state index in [0.29, 0.717) is 11.8 Å². The molecule has 0 bridgehead atoms. The lowest BCUT2D eigenvalue weighted by Crippen LogP contribution is -2.57. The van der Waals surface area contributed by atoms with Gasteiger partial charge >= 0.3 is 0 Å². The Labute approximate surface area is 193 Å². The molecule has 0 radical (unpaired) electrons. The van der Waals surface area contributed by atoms with Gasteiger partial charge in [-0.3, -0.25) is 0 Å². The molecule has 31 heavy (non-hydrogen) atoms. The van der Waals surface area contributed by atoms with Crippen LogP contribution in [0.2, 0.25) is 0 Å². The Morgan fingerprint density at radius 2 is 1.87 bits per heavy atom. The summed E-state index contributed by atoms with van der Waals surface area (Å²) in [5.74, 6) is 2.81. The predicted octanol–water partition coefficient (Wildman–Crippen LogP) is 7.90. The number of aryl methyl sites for hydroxylation is 2. The lowest BCUT2D eigenvalue weighted by Gasteiger charge is -2.48. The first-order chi connectivity index (χ1) is 14.5. The fraction of sp³-hybridized carbons (Fsp3) is 0.714. The number of hydrogen-bond acceptors (Lipinski definition) is 3. The zero-order valence-electron chi connectivity index (χ0n) is 20.9. The Balaban J connectivity index is 1.46. The van der Waals surface area contributed by atoms with Crippen LogP contribution >= 0.6 is 11.3 Å². The maximum absolute atomic E-state index is 6.54. The first-order valence-corrected chi connectivity index (χ1v) is 13.2. The van der Waals surface area contributed by atoms with Crippen LogP contribution in [0.25, 0.3) is 10.1 Å². The standard InChI is InChI=1S/C28H42O2S/c1-9-19(17(2)3)10-12-25-18(4)21-14-20(11-13-26(21)31-25)22-15-23(22)24-16-29-27(5,6)28(7,8)30-24/h11,13-14,17,19,22-24H,9-10,12,15-16H2,1-8H3. The third-order valence-electron chi connectivity index (χ3n) is 8.52. The molecule has 4 rings (SSSR count). The second-order valence-electron chi connectivity index (χ2n) is 11.4. The SMILES string of the molecule is CCC(CCc1sc2ccc(C3CC3C3COC(C)(C)C(C)(C)O3)cc2c1C)C(C)C. The summed E-state index contributed by atoms with van der Waals surface area (Å²) < 4.78 is 14.2. The molecule has 1 aromatic carbocycles. The molecule has 0 spiro atoms. The molecule has 2 heterocycles. The van der Waals surface area contributed by atoms with Gasteiger partial charge in [0.15, 0.2) is 0 Å². The van der Waals surface area contributed by atoms with Crippen LogP contribution in [0.4, 0.5) is 0 Å². The van der Waals surface area contributed by atoms with E-state index in [4.69, 9.17) is 9.47 Å². The van der Waals surface area contributed by atoms with Crippen LogP contribution in [0.15, 0.2) is 18.2 Å². The number of hydrogen-bond donors (Lipinski definition) is 0. The summed E-state index contributed by atoms with van der Waals surface area (Å²) in [6.07, 6.45) is 5.25. The molecule has 4 unspecified atom stereocenters. The van der Waals surface area contributed by atoms with Gasteiger partial charge in [0.2, 0.25) is 0 Å². The Hall–Kier alpha value is -0.900. The summed E-state index contributed by atoms with van der Waals surface area (Å²) in [5.41, 5.74) is 2.52. The van der Waals surface area contributed by atoms with Gasteiger partial charge < -0.3 is 9.47 Å². The molecule has 172 valence electrons. The van der Waals surface area contributed by atoms with Crippen molar-refractivity contribution in [1.29, 1.82) is 0 Å². The largest absolute Gasteiger partial charge is 0.370 e. The summed E-state index contributed by atoms with van der Waals surface area (Å²) in [7, 11) is 0. The van der Waals surface area contributed by atoms with E-state index < -0.39 is 0 Å². The van der Waals surface area contributed by atoms with Gasteiger partial charge in [0, 0.05) is 9.58 Å². The first kappa shape index (κ1) is 23.3. The molecule has 1 aliphatic carbocycles. The smallest absolute Gasteiger partial charge is 0.0914 e. The Morgan fingerprint density at radius 3 is 2.52 bits per heavy atom. The molecular weight excluding hydrogens is 400 g/mol.